The predicted molar refractivity (Wildman–Crippen MR) is 104 cm³/mol. The second-order valence-electron chi connectivity index (χ2n) is 6.57. The van der Waals surface area contributed by atoms with Crippen molar-refractivity contribution in [3.05, 3.63) is 53.7 Å². The number of aromatic nitrogens is 1. The van der Waals surface area contributed by atoms with Crippen LogP contribution in [-0.4, -0.2) is 44.3 Å². The molecule has 0 bridgehead atoms. The van der Waals surface area contributed by atoms with Crippen LogP contribution in [0.1, 0.15) is 29.8 Å². The zero-order valence-corrected chi connectivity index (χ0v) is 16.2. The number of carbonyl (C=O) groups is 1. The number of sulfonamides is 1. The highest BCUT2D eigenvalue weighted by Crippen LogP contribution is 2.29. The van der Waals surface area contributed by atoms with Crippen LogP contribution in [0.5, 0.6) is 5.88 Å². The van der Waals surface area contributed by atoms with Crippen molar-refractivity contribution in [3.8, 4) is 5.88 Å². The summed E-state index contributed by atoms with van der Waals surface area (Å²) in [5.74, 6) is -0.0814. The number of rotatable bonds is 7. The van der Waals surface area contributed by atoms with Crippen LogP contribution >= 0.6 is 0 Å². The Morgan fingerprint density at radius 2 is 2.04 bits per heavy atom. The third-order valence-electron chi connectivity index (χ3n) is 4.18. The normalized spacial score (nSPS) is 13.5. The minimum Gasteiger partial charge on any atom is -0.475 e. The van der Waals surface area contributed by atoms with Crippen molar-refractivity contribution in [1.29, 1.82) is 0 Å². The van der Waals surface area contributed by atoms with Gasteiger partial charge in [0.2, 0.25) is 15.9 Å². The average molecular weight is 389 g/mol. The number of anilines is 1. The van der Waals surface area contributed by atoms with Gasteiger partial charge in [-0.05, 0) is 38.0 Å². The first-order valence-corrected chi connectivity index (χ1v) is 10.5. The van der Waals surface area contributed by atoms with Gasteiger partial charge in [-0.15, -0.1) is 0 Å². The SMILES string of the molecule is CC(C)Oc1ccc(C(=O)NCCS(=O)(=O)N2CCc3ccccc32)cn1. The van der Waals surface area contributed by atoms with Crippen molar-refractivity contribution < 1.29 is 17.9 Å². The van der Waals surface area contributed by atoms with Crippen molar-refractivity contribution in [1.82, 2.24) is 10.3 Å². The molecule has 2 heterocycles. The molecule has 7 nitrogen and oxygen atoms in total. The fourth-order valence-corrected chi connectivity index (χ4v) is 4.36. The summed E-state index contributed by atoms with van der Waals surface area (Å²) in [6.45, 7) is 4.25. The quantitative estimate of drug-likeness (QED) is 0.782. The lowest BCUT2D eigenvalue weighted by molar-refractivity contribution is 0.0955. The predicted octanol–water partition coefficient (Wildman–Crippen LogP) is 1.99. The van der Waals surface area contributed by atoms with Crippen LogP contribution < -0.4 is 14.4 Å². The molecule has 0 spiro atoms. The second kappa shape index (κ2) is 7.96. The first kappa shape index (κ1) is 19.2. The Hall–Kier alpha value is -2.61. The number of carbonyl (C=O) groups excluding carboxylic acids is 1. The molecular formula is C19H23N3O4S. The highest BCUT2D eigenvalue weighted by Gasteiger charge is 2.28. The minimum atomic E-state index is -3.49. The average Bonchev–Trinajstić information content (AvgIpc) is 3.06. The molecule has 8 heteroatoms. The van der Waals surface area contributed by atoms with E-state index in [1.54, 1.807) is 12.1 Å². The van der Waals surface area contributed by atoms with Gasteiger partial charge in [-0.2, -0.15) is 0 Å². The first-order valence-electron chi connectivity index (χ1n) is 8.86. The van der Waals surface area contributed by atoms with Gasteiger partial charge in [-0.1, -0.05) is 18.2 Å². The van der Waals surface area contributed by atoms with Gasteiger partial charge < -0.3 is 10.1 Å². The Labute approximate surface area is 159 Å². The van der Waals surface area contributed by atoms with E-state index in [-0.39, 0.29) is 24.3 Å². The number of amides is 1. The van der Waals surface area contributed by atoms with Crippen LogP contribution in [0.2, 0.25) is 0 Å². The summed E-state index contributed by atoms with van der Waals surface area (Å²) in [6, 6.07) is 10.7. The molecular weight excluding hydrogens is 366 g/mol. The van der Waals surface area contributed by atoms with Crippen LogP contribution in [0.25, 0.3) is 0 Å². The lowest BCUT2D eigenvalue weighted by atomic mass is 10.2. The van der Waals surface area contributed by atoms with Gasteiger partial charge in [0.05, 0.1) is 23.1 Å². The molecule has 0 radical (unpaired) electrons. The van der Waals surface area contributed by atoms with Crippen LogP contribution in [0.15, 0.2) is 42.6 Å². The molecule has 0 saturated heterocycles. The molecule has 1 aliphatic heterocycles. The molecule has 0 atom stereocenters. The topological polar surface area (TPSA) is 88.6 Å². The van der Waals surface area contributed by atoms with Crippen LogP contribution in [0.3, 0.4) is 0 Å². The van der Waals surface area contributed by atoms with Gasteiger partial charge in [-0.3, -0.25) is 9.10 Å². The van der Waals surface area contributed by atoms with Gasteiger partial charge in [0, 0.05) is 25.4 Å². The number of nitrogens with one attached hydrogen (secondary N) is 1. The Kier molecular flexibility index (Phi) is 5.65. The smallest absolute Gasteiger partial charge is 0.252 e. The number of fused-ring (bicyclic) bond motifs is 1. The van der Waals surface area contributed by atoms with E-state index < -0.39 is 10.0 Å². The Balaban J connectivity index is 1.55. The van der Waals surface area contributed by atoms with E-state index in [0.717, 1.165) is 11.3 Å². The number of hydrogen-bond donors (Lipinski definition) is 1. The monoisotopic (exact) mass is 389 g/mol. The Bertz CT molecular complexity index is 911. The van der Waals surface area contributed by atoms with Gasteiger partial charge in [0.1, 0.15) is 0 Å². The molecule has 0 aliphatic carbocycles. The summed E-state index contributed by atoms with van der Waals surface area (Å²) in [5, 5.41) is 2.64. The number of benzene rings is 1. The second-order valence-corrected chi connectivity index (χ2v) is 8.59. The highest BCUT2D eigenvalue weighted by molar-refractivity contribution is 7.92. The van der Waals surface area contributed by atoms with Gasteiger partial charge in [-0.25, -0.2) is 13.4 Å². The molecule has 1 aliphatic rings. The molecule has 27 heavy (non-hydrogen) atoms. The fraction of sp³-hybridized carbons (Fsp3) is 0.368. The summed E-state index contributed by atoms with van der Waals surface area (Å²) in [5.41, 5.74) is 2.11. The number of nitrogens with zero attached hydrogens (tertiary/aromatic N) is 2. The van der Waals surface area contributed by atoms with Gasteiger partial charge in [0.15, 0.2) is 0 Å². The maximum Gasteiger partial charge on any atom is 0.252 e. The van der Waals surface area contributed by atoms with E-state index in [2.05, 4.69) is 10.3 Å². The molecule has 0 unspecified atom stereocenters. The maximum atomic E-state index is 12.6. The molecule has 1 aromatic carbocycles. The third-order valence-corrected chi connectivity index (χ3v) is 5.95. The summed E-state index contributed by atoms with van der Waals surface area (Å²) in [6.07, 6.45) is 2.12. The van der Waals surface area contributed by atoms with E-state index in [0.29, 0.717) is 24.4 Å². The molecule has 3 rings (SSSR count). The van der Waals surface area contributed by atoms with Crippen molar-refractivity contribution in [3.63, 3.8) is 0 Å². The minimum absolute atomic E-state index is 0.00176. The molecule has 1 aromatic heterocycles. The maximum absolute atomic E-state index is 12.6. The first-order chi connectivity index (χ1) is 12.9. The van der Waals surface area contributed by atoms with Crippen molar-refractivity contribution in [2.75, 3.05) is 23.1 Å². The van der Waals surface area contributed by atoms with E-state index in [9.17, 15) is 13.2 Å². The number of ether oxygens (including phenoxy) is 1. The summed E-state index contributed by atoms with van der Waals surface area (Å²) in [7, 11) is -3.49. The summed E-state index contributed by atoms with van der Waals surface area (Å²) >= 11 is 0. The summed E-state index contributed by atoms with van der Waals surface area (Å²) < 4.78 is 32.1. The van der Waals surface area contributed by atoms with Gasteiger partial charge in [0.25, 0.3) is 5.91 Å². The van der Waals surface area contributed by atoms with E-state index in [1.807, 2.05) is 38.1 Å². The lowest BCUT2D eigenvalue weighted by Crippen LogP contribution is -2.37. The molecule has 0 saturated carbocycles. The Morgan fingerprint density at radius 3 is 2.74 bits per heavy atom. The summed E-state index contributed by atoms with van der Waals surface area (Å²) in [4.78, 5) is 16.3. The van der Waals surface area contributed by atoms with E-state index >= 15 is 0 Å². The number of hydrogen-bond acceptors (Lipinski definition) is 5. The molecule has 0 fully saturated rings. The largest absolute Gasteiger partial charge is 0.475 e. The highest BCUT2D eigenvalue weighted by atomic mass is 32.2. The molecule has 1 N–H and O–H groups in total. The number of pyridine rings is 1. The van der Waals surface area contributed by atoms with Gasteiger partial charge >= 0.3 is 0 Å². The lowest BCUT2D eigenvalue weighted by Gasteiger charge is -2.19. The van der Waals surface area contributed by atoms with Crippen LogP contribution in [-0.2, 0) is 16.4 Å². The van der Waals surface area contributed by atoms with Crippen molar-refractivity contribution in [2.45, 2.75) is 26.4 Å². The van der Waals surface area contributed by atoms with Crippen molar-refractivity contribution >= 4 is 21.6 Å². The van der Waals surface area contributed by atoms with E-state index in [4.69, 9.17) is 4.74 Å². The zero-order chi connectivity index (χ0) is 19.4. The third kappa shape index (κ3) is 4.57. The van der Waals surface area contributed by atoms with Crippen LogP contribution in [0.4, 0.5) is 5.69 Å². The van der Waals surface area contributed by atoms with E-state index in [1.165, 1.54) is 10.5 Å². The number of para-hydroxylation sites is 1. The van der Waals surface area contributed by atoms with Crippen LogP contribution in [0, 0.1) is 0 Å². The molecule has 1 amide bonds. The molecule has 2 aromatic rings. The standard InChI is InChI=1S/C19H23N3O4S/c1-14(2)26-18-8-7-16(13-21-18)19(23)20-10-12-27(24,25)22-11-9-15-5-3-4-6-17(15)22/h3-8,13-14H,9-12H2,1-2H3,(H,20,23). The molecule has 144 valence electrons. The zero-order valence-electron chi connectivity index (χ0n) is 15.4. The Morgan fingerprint density at radius 1 is 1.26 bits per heavy atom. The fourth-order valence-electron chi connectivity index (χ4n) is 2.93. The van der Waals surface area contributed by atoms with Crippen molar-refractivity contribution in [2.24, 2.45) is 0 Å².